The minimum atomic E-state index is -0.949. The lowest BCUT2D eigenvalue weighted by atomic mass is 10.2. The molecule has 0 saturated heterocycles. The molecule has 1 aromatic rings. The number of amides is 3. The minimum absolute atomic E-state index is 0.249. The average molecular weight is 347 g/mol. The van der Waals surface area contributed by atoms with Crippen LogP contribution in [0.1, 0.15) is 26.3 Å². The van der Waals surface area contributed by atoms with Crippen molar-refractivity contribution in [3.63, 3.8) is 0 Å². The molecule has 0 bridgehead atoms. The number of nitrogens with zero attached hydrogens (tertiary/aromatic N) is 1. The molecule has 134 valence electrons. The Morgan fingerprint density at radius 1 is 1.16 bits per heavy atom. The first-order valence-corrected chi connectivity index (χ1v) is 7.73. The molecule has 3 amide bonds. The van der Waals surface area contributed by atoms with E-state index in [1.807, 2.05) is 19.9 Å². The van der Waals surface area contributed by atoms with Gasteiger partial charge in [-0.05, 0) is 37.1 Å². The molecular formula is C17H21N3O5. The fourth-order valence-electron chi connectivity index (χ4n) is 1.62. The monoisotopic (exact) mass is 347 g/mol. The van der Waals surface area contributed by atoms with Crippen LogP contribution in [0.2, 0.25) is 0 Å². The SMILES string of the molecule is CC(C)CNC(=O)NC(=O)COC(=O)[C@@H](C)Oc1ccc(C#N)cc1. The summed E-state index contributed by atoms with van der Waals surface area (Å²) in [7, 11) is 0. The van der Waals surface area contributed by atoms with Crippen LogP contribution in [0.3, 0.4) is 0 Å². The van der Waals surface area contributed by atoms with Crippen molar-refractivity contribution in [2.45, 2.75) is 26.9 Å². The molecule has 0 radical (unpaired) electrons. The van der Waals surface area contributed by atoms with Crippen LogP contribution in [-0.2, 0) is 14.3 Å². The number of urea groups is 1. The van der Waals surface area contributed by atoms with Crippen LogP contribution in [0.15, 0.2) is 24.3 Å². The summed E-state index contributed by atoms with van der Waals surface area (Å²) in [5.74, 6) is -0.845. The molecular weight excluding hydrogens is 326 g/mol. The van der Waals surface area contributed by atoms with Crippen molar-refractivity contribution in [1.29, 1.82) is 5.26 Å². The highest BCUT2D eigenvalue weighted by atomic mass is 16.6. The van der Waals surface area contributed by atoms with E-state index in [0.717, 1.165) is 0 Å². The Morgan fingerprint density at radius 2 is 1.80 bits per heavy atom. The molecule has 25 heavy (non-hydrogen) atoms. The first kappa shape index (κ1) is 20.0. The number of esters is 1. The predicted molar refractivity (Wildman–Crippen MR) is 88.6 cm³/mol. The van der Waals surface area contributed by atoms with Gasteiger partial charge in [0.2, 0.25) is 0 Å². The minimum Gasteiger partial charge on any atom is -0.479 e. The van der Waals surface area contributed by atoms with Gasteiger partial charge in [0, 0.05) is 6.54 Å². The highest BCUT2D eigenvalue weighted by molar-refractivity contribution is 5.95. The van der Waals surface area contributed by atoms with Gasteiger partial charge >= 0.3 is 12.0 Å². The molecule has 0 aliphatic heterocycles. The lowest BCUT2D eigenvalue weighted by molar-refractivity contribution is -0.154. The van der Waals surface area contributed by atoms with Gasteiger partial charge in [0.05, 0.1) is 11.6 Å². The van der Waals surface area contributed by atoms with Gasteiger partial charge in [0.1, 0.15) is 5.75 Å². The summed E-state index contributed by atoms with van der Waals surface area (Å²) in [4.78, 5) is 34.7. The van der Waals surface area contributed by atoms with Crippen molar-refractivity contribution in [3.8, 4) is 11.8 Å². The van der Waals surface area contributed by atoms with E-state index in [1.165, 1.54) is 6.92 Å². The van der Waals surface area contributed by atoms with Gasteiger partial charge in [-0.1, -0.05) is 13.8 Å². The molecule has 0 spiro atoms. The number of carbonyl (C=O) groups is 3. The standard InChI is InChI=1S/C17H21N3O5/c1-11(2)9-19-17(23)20-15(21)10-24-16(22)12(3)25-14-6-4-13(8-18)5-7-14/h4-7,11-12H,9-10H2,1-3H3,(H2,19,20,21,23)/t12-/m1/s1. The van der Waals surface area contributed by atoms with Crippen molar-refractivity contribution in [2.75, 3.05) is 13.2 Å². The molecule has 0 aliphatic rings. The fraction of sp³-hybridized carbons (Fsp3) is 0.412. The molecule has 0 fully saturated rings. The maximum absolute atomic E-state index is 11.8. The maximum atomic E-state index is 11.8. The zero-order valence-corrected chi connectivity index (χ0v) is 14.4. The van der Waals surface area contributed by atoms with Crippen LogP contribution in [0.4, 0.5) is 4.79 Å². The molecule has 0 aliphatic carbocycles. The van der Waals surface area contributed by atoms with Crippen molar-refractivity contribution in [2.24, 2.45) is 5.92 Å². The summed E-state index contributed by atoms with van der Waals surface area (Å²) >= 11 is 0. The largest absolute Gasteiger partial charge is 0.479 e. The van der Waals surface area contributed by atoms with Crippen LogP contribution in [0.25, 0.3) is 0 Å². The second-order valence-corrected chi connectivity index (χ2v) is 5.66. The van der Waals surface area contributed by atoms with E-state index >= 15 is 0 Å². The zero-order valence-electron chi connectivity index (χ0n) is 14.4. The molecule has 0 saturated carbocycles. The topological polar surface area (TPSA) is 118 Å². The summed E-state index contributed by atoms with van der Waals surface area (Å²) in [5, 5.41) is 13.3. The third-order valence-corrected chi connectivity index (χ3v) is 2.90. The maximum Gasteiger partial charge on any atom is 0.347 e. The van der Waals surface area contributed by atoms with Crippen molar-refractivity contribution >= 4 is 17.9 Å². The van der Waals surface area contributed by atoms with Gasteiger partial charge in [-0.2, -0.15) is 5.26 Å². The van der Waals surface area contributed by atoms with Gasteiger partial charge in [-0.15, -0.1) is 0 Å². The summed E-state index contributed by atoms with van der Waals surface area (Å²) < 4.78 is 10.2. The molecule has 0 unspecified atom stereocenters. The Hall–Kier alpha value is -3.08. The van der Waals surface area contributed by atoms with Gasteiger partial charge in [0.15, 0.2) is 12.7 Å². The normalized spacial score (nSPS) is 11.2. The second-order valence-electron chi connectivity index (χ2n) is 5.66. The number of hydrogen-bond donors (Lipinski definition) is 2. The van der Waals surface area contributed by atoms with E-state index in [4.69, 9.17) is 14.7 Å². The molecule has 1 rings (SSSR count). The molecule has 8 nitrogen and oxygen atoms in total. The predicted octanol–water partition coefficient (Wildman–Crippen LogP) is 1.35. The molecule has 0 heterocycles. The molecule has 0 aromatic heterocycles. The Kier molecular flexibility index (Phi) is 7.93. The highest BCUT2D eigenvalue weighted by Crippen LogP contribution is 2.13. The Balaban J connectivity index is 2.35. The Morgan fingerprint density at radius 3 is 2.36 bits per heavy atom. The fourth-order valence-corrected chi connectivity index (χ4v) is 1.62. The molecule has 1 atom stereocenters. The Labute approximate surface area is 146 Å². The van der Waals surface area contributed by atoms with E-state index in [-0.39, 0.29) is 5.92 Å². The number of hydrogen-bond acceptors (Lipinski definition) is 6. The molecule has 8 heteroatoms. The number of carbonyl (C=O) groups excluding carboxylic acids is 3. The van der Waals surface area contributed by atoms with Crippen LogP contribution < -0.4 is 15.4 Å². The molecule has 1 aromatic carbocycles. The number of benzene rings is 1. The number of imide groups is 1. The number of nitrogens with one attached hydrogen (secondary N) is 2. The first-order valence-electron chi connectivity index (χ1n) is 7.73. The first-order chi connectivity index (χ1) is 11.8. The second kappa shape index (κ2) is 9.93. The lowest BCUT2D eigenvalue weighted by Gasteiger charge is -2.14. The van der Waals surface area contributed by atoms with Crippen LogP contribution in [-0.4, -0.2) is 37.2 Å². The van der Waals surface area contributed by atoms with E-state index < -0.39 is 30.6 Å². The quantitative estimate of drug-likeness (QED) is 0.719. The van der Waals surface area contributed by atoms with Crippen LogP contribution >= 0.6 is 0 Å². The van der Waals surface area contributed by atoms with Crippen molar-refractivity contribution in [3.05, 3.63) is 29.8 Å². The average Bonchev–Trinajstić information content (AvgIpc) is 2.58. The number of ether oxygens (including phenoxy) is 2. The number of rotatable bonds is 7. The summed E-state index contributed by atoms with van der Waals surface area (Å²) in [6.45, 7) is 5.13. The van der Waals surface area contributed by atoms with E-state index in [1.54, 1.807) is 24.3 Å². The highest BCUT2D eigenvalue weighted by Gasteiger charge is 2.18. The van der Waals surface area contributed by atoms with Gasteiger partial charge in [-0.3, -0.25) is 10.1 Å². The molecule has 2 N–H and O–H groups in total. The summed E-state index contributed by atoms with van der Waals surface area (Å²) in [6, 6.07) is 7.53. The summed E-state index contributed by atoms with van der Waals surface area (Å²) in [6.07, 6.45) is -0.949. The zero-order chi connectivity index (χ0) is 18.8. The third kappa shape index (κ3) is 7.83. The van der Waals surface area contributed by atoms with Crippen molar-refractivity contribution in [1.82, 2.24) is 10.6 Å². The Bertz CT molecular complexity index is 649. The third-order valence-electron chi connectivity index (χ3n) is 2.90. The summed E-state index contributed by atoms with van der Waals surface area (Å²) in [5.41, 5.74) is 0.468. The van der Waals surface area contributed by atoms with Crippen LogP contribution in [0.5, 0.6) is 5.75 Å². The van der Waals surface area contributed by atoms with Crippen molar-refractivity contribution < 1.29 is 23.9 Å². The van der Waals surface area contributed by atoms with E-state index in [0.29, 0.717) is 17.9 Å². The van der Waals surface area contributed by atoms with E-state index in [2.05, 4.69) is 10.6 Å². The van der Waals surface area contributed by atoms with E-state index in [9.17, 15) is 14.4 Å². The lowest BCUT2D eigenvalue weighted by Crippen LogP contribution is -2.43. The smallest absolute Gasteiger partial charge is 0.347 e. The van der Waals surface area contributed by atoms with Gasteiger partial charge in [-0.25, -0.2) is 9.59 Å². The van der Waals surface area contributed by atoms with Gasteiger partial charge in [0.25, 0.3) is 5.91 Å². The van der Waals surface area contributed by atoms with Crippen LogP contribution in [0, 0.1) is 17.2 Å². The van der Waals surface area contributed by atoms with Gasteiger partial charge < -0.3 is 14.8 Å². The number of nitriles is 1.